The summed E-state index contributed by atoms with van der Waals surface area (Å²) in [5, 5.41) is 2.17. The van der Waals surface area contributed by atoms with E-state index in [2.05, 4.69) is 0 Å². The number of hydrogen-bond acceptors (Lipinski definition) is 2. The molecule has 0 atom stereocenters. The van der Waals surface area contributed by atoms with Crippen molar-refractivity contribution in [1.29, 1.82) is 0 Å². The molecule has 0 aliphatic rings. The summed E-state index contributed by atoms with van der Waals surface area (Å²) in [6, 6.07) is 11.7. The standard InChI is InChI=1S/C13H11O2/c1-15-12-5-6-13-10(7-8-14)3-2-4-11(13)9-12/h2-6,9H,7H2,1H3. The number of fused-ring (bicyclic) bond motifs is 1. The Kier molecular flexibility index (Phi) is 2.68. The number of methoxy groups -OCH3 is 1. The van der Waals surface area contributed by atoms with Gasteiger partial charge in [-0.1, -0.05) is 24.3 Å². The molecule has 1 radical (unpaired) electrons. The Balaban J connectivity index is 2.61. The van der Waals surface area contributed by atoms with Crippen LogP contribution >= 0.6 is 0 Å². The fraction of sp³-hybridized carbons (Fsp3) is 0.154. The highest BCUT2D eigenvalue weighted by molar-refractivity contribution is 5.88. The minimum Gasteiger partial charge on any atom is -0.497 e. The number of ether oxygens (including phenoxy) is 1. The maximum absolute atomic E-state index is 10.4. The molecule has 2 aromatic rings. The molecule has 75 valence electrons. The van der Waals surface area contributed by atoms with Gasteiger partial charge < -0.3 is 4.74 Å². The van der Waals surface area contributed by atoms with Crippen molar-refractivity contribution in [2.75, 3.05) is 7.11 Å². The second-order valence-electron chi connectivity index (χ2n) is 3.33. The molecule has 0 heterocycles. The Morgan fingerprint density at radius 1 is 1.27 bits per heavy atom. The van der Waals surface area contributed by atoms with Gasteiger partial charge in [-0.3, -0.25) is 4.79 Å². The van der Waals surface area contributed by atoms with E-state index >= 15 is 0 Å². The van der Waals surface area contributed by atoms with E-state index < -0.39 is 0 Å². The summed E-state index contributed by atoms with van der Waals surface area (Å²) < 4.78 is 5.14. The highest BCUT2D eigenvalue weighted by Gasteiger charge is 2.01. The third-order valence-corrected chi connectivity index (χ3v) is 2.44. The number of hydrogen-bond donors (Lipinski definition) is 0. The minimum atomic E-state index is 0.337. The lowest BCUT2D eigenvalue weighted by Gasteiger charge is -2.05. The molecule has 2 aromatic carbocycles. The van der Waals surface area contributed by atoms with Crippen molar-refractivity contribution in [3.05, 3.63) is 42.0 Å². The monoisotopic (exact) mass is 199 g/mol. The summed E-state index contributed by atoms with van der Waals surface area (Å²) in [5.41, 5.74) is 1.00. The predicted octanol–water partition coefficient (Wildman–Crippen LogP) is 2.50. The second-order valence-corrected chi connectivity index (χ2v) is 3.33. The summed E-state index contributed by atoms with van der Waals surface area (Å²) in [7, 11) is 1.64. The van der Waals surface area contributed by atoms with Gasteiger partial charge in [-0.25, -0.2) is 0 Å². The molecule has 0 N–H and O–H groups in total. The number of carbonyl (C=O) groups excluding carboxylic acids is 1. The van der Waals surface area contributed by atoms with Crippen molar-refractivity contribution >= 4 is 17.1 Å². The van der Waals surface area contributed by atoms with E-state index in [-0.39, 0.29) is 0 Å². The molecule has 0 unspecified atom stereocenters. The zero-order valence-electron chi connectivity index (χ0n) is 8.49. The largest absolute Gasteiger partial charge is 0.497 e. The number of benzene rings is 2. The lowest BCUT2D eigenvalue weighted by molar-refractivity contribution is 0.415. The Labute approximate surface area is 88.5 Å². The van der Waals surface area contributed by atoms with E-state index in [1.165, 1.54) is 0 Å². The van der Waals surface area contributed by atoms with Gasteiger partial charge >= 0.3 is 0 Å². The third kappa shape index (κ3) is 1.84. The minimum absolute atomic E-state index is 0.337. The van der Waals surface area contributed by atoms with E-state index in [0.29, 0.717) is 6.42 Å². The van der Waals surface area contributed by atoms with E-state index in [4.69, 9.17) is 4.74 Å². The summed E-state index contributed by atoms with van der Waals surface area (Å²) in [4.78, 5) is 10.4. The first-order chi connectivity index (χ1) is 7.35. The summed E-state index contributed by atoms with van der Waals surface area (Å²) in [6.45, 7) is 0. The van der Waals surface area contributed by atoms with Crippen molar-refractivity contribution in [2.24, 2.45) is 0 Å². The van der Waals surface area contributed by atoms with E-state index in [1.807, 2.05) is 42.7 Å². The van der Waals surface area contributed by atoms with Crippen LogP contribution in [0.15, 0.2) is 36.4 Å². The lowest BCUT2D eigenvalue weighted by atomic mass is 10.0. The highest BCUT2D eigenvalue weighted by Crippen LogP contribution is 2.23. The second kappa shape index (κ2) is 4.13. The molecule has 2 heteroatoms. The molecular formula is C13H11O2. The maximum atomic E-state index is 10.4. The van der Waals surface area contributed by atoms with Gasteiger partial charge in [0.15, 0.2) is 0 Å². The third-order valence-electron chi connectivity index (χ3n) is 2.44. The van der Waals surface area contributed by atoms with Gasteiger partial charge in [0.25, 0.3) is 0 Å². The average Bonchev–Trinajstić information content (AvgIpc) is 2.29. The van der Waals surface area contributed by atoms with Crippen molar-refractivity contribution in [3.63, 3.8) is 0 Å². The van der Waals surface area contributed by atoms with Crippen LogP contribution in [0.25, 0.3) is 10.8 Å². The van der Waals surface area contributed by atoms with Crippen LogP contribution in [0.4, 0.5) is 0 Å². The molecule has 0 aliphatic heterocycles. The van der Waals surface area contributed by atoms with E-state index in [0.717, 1.165) is 22.1 Å². The molecule has 0 saturated carbocycles. The summed E-state index contributed by atoms with van der Waals surface area (Å²) in [6.07, 6.45) is 2.26. The quantitative estimate of drug-likeness (QED) is 0.759. The average molecular weight is 199 g/mol. The van der Waals surface area contributed by atoms with Gasteiger partial charge in [0.1, 0.15) is 5.75 Å². The normalized spacial score (nSPS) is 10.2. The van der Waals surface area contributed by atoms with Gasteiger partial charge in [-0.05, 0) is 28.5 Å². The highest BCUT2D eigenvalue weighted by atomic mass is 16.5. The Hall–Kier alpha value is -1.83. The van der Waals surface area contributed by atoms with Crippen molar-refractivity contribution < 1.29 is 9.53 Å². The van der Waals surface area contributed by atoms with Crippen molar-refractivity contribution in [2.45, 2.75) is 6.42 Å². The molecule has 2 nitrogen and oxygen atoms in total. The topological polar surface area (TPSA) is 26.3 Å². The first kappa shape index (κ1) is 9.71. The number of rotatable bonds is 3. The molecule has 0 aliphatic carbocycles. The Morgan fingerprint density at radius 2 is 2.13 bits per heavy atom. The smallest absolute Gasteiger partial charge is 0.203 e. The van der Waals surface area contributed by atoms with E-state index in [1.54, 1.807) is 7.11 Å². The molecule has 15 heavy (non-hydrogen) atoms. The lowest BCUT2D eigenvalue weighted by Crippen LogP contribution is -1.88. The van der Waals surface area contributed by atoms with Crippen molar-refractivity contribution in [1.82, 2.24) is 0 Å². The predicted molar refractivity (Wildman–Crippen MR) is 59.9 cm³/mol. The molecule has 2 rings (SSSR count). The van der Waals surface area contributed by atoms with Crippen LogP contribution < -0.4 is 4.74 Å². The van der Waals surface area contributed by atoms with Crippen molar-refractivity contribution in [3.8, 4) is 5.75 Å². The van der Waals surface area contributed by atoms with Crippen LogP contribution in [0.1, 0.15) is 5.56 Å². The van der Waals surface area contributed by atoms with Crippen LogP contribution in [0, 0.1) is 0 Å². The first-order valence-corrected chi connectivity index (χ1v) is 4.76. The molecule has 0 amide bonds. The van der Waals surface area contributed by atoms with Crippen LogP contribution in [0.3, 0.4) is 0 Å². The molecule has 0 spiro atoms. The van der Waals surface area contributed by atoms with Crippen LogP contribution in [-0.2, 0) is 11.2 Å². The zero-order chi connectivity index (χ0) is 10.7. The van der Waals surface area contributed by atoms with Gasteiger partial charge in [0, 0.05) is 6.42 Å². The molecular weight excluding hydrogens is 188 g/mol. The Bertz CT molecular complexity index is 489. The van der Waals surface area contributed by atoms with Gasteiger partial charge in [0.05, 0.1) is 7.11 Å². The Morgan fingerprint density at radius 3 is 2.87 bits per heavy atom. The van der Waals surface area contributed by atoms with Gasteiger partial charge in [0.2, 0.25) is 6.29 Å². The fourth-order valence-corrected chi connectivity index (χ4v) is 1.69. The molecule has 0 bridgehead atoms. The maximum Gasteiger partial charge on any atom is 0.203 e. The zero-order valence-corrected chi connectivity index (χ0v) is 8.49. The van der Waals surface area contributed by atoms with Crippen LogP contribution in [-0.4, -0.2) is 13.4 Å². The molecule has 0 aromatic heterocycles. The fourth-order valence-electron chi connectivity index (χ4n) is 1.69. The van der Waals surface area contributed by atoms with Gasteiger partial charge in [-0.2, -0.15) is 0 Å². The molecule has 0 fully saturated rings. The first-order valence-electron chi connectivity index (χ1n) is 4.76. The van der Waals surface area contributed by atoms with Crippen LogP contribution in [0.2, 0.25) is 0 Å². The summed E-state index contributed by atoms with van der Waals surface area (Å²) >= 11 is 0. The summed E-state index contributed by atoms with van der Waals surface area (Å²) in [5.74, 6) is 0.828. The van der Waals surface area contributed by atoms with Crippen LogP contribution in [0.5, 0.6) is 5.75 Å². The van der Waals surface area contributed by atoms with Gasteiger partial charge in [-0.15, -0.1) is 0 Å². The van der Waals surface area contributed by atoms with E-state index in [9.17, 15) is 4.79 Å². The SMILES string of the molecule is COc1ccc2c(C[C]=O)cccc2c1. The molecule has 0 saturated heterocycles.